The molecule has 0 unspecified atom stereocenters. The Morgan fingerprint density at radius 1 is 0.930 bits per heavy atom. The fourth-order valence-electron chi connectivity index (χ4n) is 8.01. The number of halogens is 2. The van der Waals surface area contributed by atoms with Crippen LogP contribution in [0.5, 0.6) is 0 Å². The Bertz CT molecular complexity index is 2270. The van der Waals surface area contributed by atoms with Gasteiger partial charge in [0.2, 0.25) is 5.95 Å². The molecule has 0 amide bonds. The molecule has 1 fully saturated rings. The number of alkyl halides is 2. The van der Waals surface area contributed by atoms with Gasteiger partial charge in [-0.1, -0.05) is 81.4 Å². The van der Waals surface area contributed by atoms with E-state index < -0.39 is 41.7 Å². The normalized spacial score (nSPS) is 16.7. The van der Waals surface area contributed by atoms with E-state index >= 15 is 0 Å². The Morgan fingerprint density at radius 3 is 2.12 bits per heavy atom. The number of ether oxygens (including phenoxy) is 1. The summed E-state index contributed by atoms with van der Waals surface area (Å²) in [4.78, 5) is 21.7. The van der Waals surface area contributed by atoms with Gasteiger partial charge in [0, 0.05) is 36.5 Å². The lowest BCUT2D eigenvalue weighted by molar-refractivity contribution is 0.0129. The molecule has 5 aromatic rings. The van der Waals surface area contributed by atoms with E-state index in [9.17, 15) is 22.0 Å². The summed E-state index contributed by atoms with van der Waals surface area (Å²) in [6.07, 6.45) is 2.80. The number of hydrogen-bond acceptors (Lipinski definition) is 8. The van der Waals surface area contributed by atoms with Gasteiger partial charge in [-0.15, -0.1) is 0 Å². The molecule has 0 atom stereocenters. The lowest BCUT2D eigenvalue weighted by Gasteiger charge is -2.44. The summed E-state index contributed by atoms with van der Waals surface area (Å²) in [5, 5.41) is 5.90. The fraction of sp³-hybridized carbons (Fsp3) is 0.432. The van der Waals surface area contributed by atoms with E-state index in [1.165, 1.54) is 21.1 Å². The van der Waals surface area contributed by atoms with Crippen LogP contribution in [0.25, 0.3) is 11.0 Å². The van der Waals surface area contributed by atoms with Crippen LogP contribution in [0, 0.1) is 12.8 Å². The highest BCUT2D eigenvalue weighted by atomic mass is 32.2. The van der Waals surface area contributed by atoms with E-state index in [2.05, 4.69) is 96.7 Å². The van der Waals surface area contributed by atoms with E-state index in [-0.39, 0.29) is 33.4 Å². The molecule has 0 bridgehead atoms. The molecule has 0 spiro atoms. The van der Waals surface area contributed by atoms with Gasteiger partial charge in [-0.3, -0.25) is 9.36 Å². The molecule has 1 saturated carbocycles. The number of aryl methyl sites for hydroxylation is 1. The largest absolute Gasteiger partial charge is 0.407 e. The molecule has 57 heavy (non-hydrogen) atoms. The Balaban J connectivity index is 1.01. The van der Waals surface area contributed by atoms with Crippen LogP contribution < -0.4 is 21.2 Å². The zero-order valence-electron chi connectivity index (χ0n) is 33.7. The maximum absolute atomic E-state index is 13.5. The number of sulfone groups is 1. The third kappa shape index (κ3) is 9.38. The van der Waals surface area contributed by atoms with E-state index in [1.807, 2.05) is 0 Å². The monoisotopic (exact) mass is 816 g/mol. The number of fused-ring (bicyclic) bond motifs is 1. The van der Waals surface area contributed by atoms with Crippen molar-refractivity contribution in [2.45, 2.75) is 102 Å². The molecular weight excluding hydrogens is 763 g/mol. The van der Waals surface area contributed by atoms with Crippen molar-refractivity contribution in [1.29, 1.82) is 0 Å². The predicted molar refractivity (Wildman–Crippen MR) is 226 cm³/mol. The molecule has 13 heteroatoms. The number of anilines is 2. The van der Waals surface area contributed by atoms with Crippen molar-refractivity contribution >= 4 is 51.2 Å². The highest BCUT2D eigenvalue weighted by Gasteiger charge is 2.50. The van der Waals surface area contributed by atoms with Gasteiger partial charge in [0.1, 0.15) is 5.65 Å². The summed E-state index contributed by atoms with van der Waals surface area (Å²) in [6.45, 7) is 13.2. The molecule has 2 aromatic heterocycles. The van der Waals surface area contributed by atoms with Crippen molar-refractivity contribution in [2.24, 2.45) is 5.92 Å². The molecule has 0 aliphatic heterocycles. The van der Waals surface area contributed by atoms with Crippen LogP contribution in [0.15, 0.2) is 101 Å². The molecule has 2 heterocycles. The van der Waals surface area contributed by atoms with Gasteiger partial charge in [-0.2, -0.15) is 4.98 Å². The molecule has 1 N–H and O–H groups in total. The lowest BCUT2D eigenvalue weighted by Crippen LogP contribution is -2.67. The van der Waals surface area contributed by atoms with Crippen LogP contribution in [-0.2, 0) is 19.0 Å². The SMILES string of the molecule is Cc1cc(S(=O)(=O)CCCOC2CCC(CO[Si](c3ccccc3)(c3ccccc3)C(C)(C)C)CC2)ccc1Nc1ncc2cc(C(F)F)c(=O)n(C(C)C)c2n1. The summed E-state index contributed by atoms with van der Waals surface area (Å²) >= 11 is 0. The van der Waals surface area contributed by atoms with E-state index in [0.717, 1.165) is 31.7 Å². The fourth-order valence-corrected chi connectivity index (χ4v) is 14.0. The standard InChI is InChI=1S/C44H54F2N4O5SSi/c1-30(2)50-41-33(27-38(40(45)46)42(50)51)28-47-43(49-41)48-39-23-22-35(26-31(39)3)56(52,53)25-13-24-54-34-20-18-32(19-21-34)29-55-57(44(4,5)6,36-14-9-7-10-15-36)37-16-11-8-12-17-37/h7-12,14-17,22-23,26-28,30,32,34,40H,13,18-21,24-25,29H2,1-6H3,(H,47,48,49). The van der Waals surface area contributed by atoms with Gasteiger partial charge in [0.05, 0.1) is 22.3 Å². The van der Waals surface area contributed by atoms with E-state index in [0.29, 0.717) is 42.2 Å². The number of rotatable bonds is 15. The highest BCUT2D eigenvalue weighted by molar-refractivity contribution is 7.91. The minimum Gasteiger partial charge on any atom is -0.407 e. The molecular formula is C44H54F2N4O5SSi. The first-order valence-electron chi connectivity index (χ1n) is 19.8. The molecule has 1 aliphatic rings. The molecule has 9 nitrogen and oxygen atoms in total. The van der Waals surface area contributed by atoms with Crippen LogP contribution in [0.1, 0.15) is 90.3 Å². The van der Waals surface area contributed by atoms with E-state index in [4.69, 9.17) is 9.16 Å². The third-order valence-corrected chi connectivity index (χ3v) is 17.8. The van der Waals surface area contributed by atoms with Gasteiger partial charge in [0.25, 0.3) is 20.3 Å². The number of benzene rings is 3. The molecule has 1 aliphatic carbocycles. The average molecular weight is 817 g/mol. The first-order chi connectivity index (χ1) is 27.1. The topological polar surface area (TPSA) is 112 Å². The summed E-state index contributed by atoms with van der Waals surface area (Å²) < 4.78 is 68.4. The molecule has 6 rings (SSSR count). The molecule has 304 valence electrons. The van der Waals surface area contributed by atoms with Crippen molar-refractivity contribution in [3.05, 3.63) is 113 Å². The van der Waals surface area contributed by atoms with Crippen LogP contribution in [0.3, 0.4) is 0 Å². The number of hydrogen-bond donors (Lipinski definition) is 1. The summed E-state index contributed by atoms with van der Waals surface area (Å²) in [6, 6.07) is 26.9. The zero-order valence-corrected chi connectivity index (χ0v) is 35.5. The van der Waals surface area contributed by atoms with Gasteiger partial charge < -0.3 is 14.5 Å². The first kappa shape index (κ1) is 42.3. The minimum absolute atomic E-state index is 0.0397. The number of nitrogens with zero attached hydrogens (tertiary/aromatic N) is 3. The Kier molecular flexibility index (Phi) is 13.1. The smallest absolute Gasteiger partial charge is 0.269 e. The Morgan fingerprint density at radius 2 is 1.56 bits per heavy atom. The summed E-state index contributed by atoms with van der Waals surface area (Å²) in [5.74, 6) is 0.545. The van der Waals surface area contributed by atoms with E-state index in [1.54, 1.807) is 39.0 Å². The van der Waals surface area contributed by atoms with Crippen LogP contribution in [-0.4, -0.2) is 56.3 Å². The second-order valence-electron chi connectivity index (χ2n) is 16.4. The summed E-state index contributed by atoms with van der Waals surface area (Å²) in [5.41, 5.74) is 0.0575. The quantitative estimate of drug-likeness (QED) is 0.0826. The number of nitrogens with one attached hydrogen (secondary N) is 1. The van der Waals surface area contributed by atoms with Crippen molar-refractivity contribution < 1.29 is 26.4 Å². The Hall–Kier alpha value is -4.30. The van der Waals surface area contributed by atoms with Gasteiger partial charge >= 0.3 is 0 Å². The maximum atomic E-state index is 13.5. The second-order valence-corrected chi connectivity index (χ2v) is 22.8. The predicted octanol–water partition coefficient (Wildman–Crippen LogP) is 8.68. The van der Waals surface area contributed by atoms with Gasteiger partial charge in [0.15, 0.2) is 9.84 Å². The average Bonchev–Trinajstić information content (AvgIpc) is 3.18. The van der Waals surface area contributed by atoms with Crippen molar-refractivity contribution in [1.82, 2.24) is 14.5 Å². The van der Waals surface area contributed by atoms with Crippen LogP contribution >= 0.6 is 0 Å². The van der Waals surface area contributed by atoms with Crippen molar-refractivity contribution in [3.63, 3.8) is 0 Å². The van der Waals surface area contributed by atoms with Crippen LogP contribution in [0.2, 0.25) is 5.04 Å². The first-order valence-corrected chi connectivity index (χ1v) is 23.3. The number of aromatic nitrogens is 3. The number of pyridine rings is 1. The lowest BCUT2D eigenvalue weighted by atomic mass is 9.88. The minimum atomic E-state index is -3.57. The molecule has 3 aromatic carbocycles. The zero-order chi connectivity index (χ0) is 41.0. The Labute approximate surface area is 335 Å². The second kappa shape index (κ2) is 17.7. The highest BCUT2D eigenvalue weighted by Crippen LogP contribution is 2.38. The van der Waals surface area contributed by atoms with Crippen molar-refractivity contribution in [2.75, 3.05) is 24.3 Å². The molecule has 0 saturated heterocycles. The van der Waals surface area contributed by atoms with Crippen molar-refractivity contribution in [3.8, 4) is 0 Å². The third-order valence-electron chi connectivity index (χ3n) is 11.0. The molecule has 0 radical (unpaired) electrons. The van der Waals surface area contributed by atoms with Gasteiger partial charge in [-0.25, -0.2) is 22.2 Å². The van der Waals surface area contributed by atoms with Gasteiger partial charge in [-0.05, 0) is 104 Å². The maximum Gasteiger partial charge on any atom is 0.269 e. The van der Waals surface area contributed by atoms with Crippen LogP contribution in [0.4, 0.5) is 20.4 Å². The summed E-state index contributed by atoms with van der Waals surface area (Å²) in [7, 11) is -6.17.